The van der Waals surface area contributed by atoms with E-state index in [0.717, 1.165) is 19.1 Å². The molecule has 2 heteroatoms. The Labute approximate surface area is 81.8 Å². The van der Waals surface area contributed by atoms with Gasteiger partial charge in [0.05, 0.1) is 0 Å². The fourth-order valence-corrected chi connectivity index (χ4v) is 1.91. The van der Waals surface area contributed by atoms with Crippen LogP contribution in [-0.4, -0.2) is 19.1 Å². The van der Waals surface area contributed by atoms with E-state index in [9.17, 15) is 0 Å². The normalized spacial score (nSPS) is 18.5. The second-order valence-corrected chi connectivity index (χ2v) is 3.80. The summed E-state index contributed by atoms with van der Waals surface area (Å²) < 4.78 is 0. The third kappa shape index (κ3) is 4.94. The topological polar surface area (TPSA) is 24.1 Å². The summed E-state index contributed by atoms with van der Waals surface area (Å²) in [6, 6.07) is 0.803. The molecule has 0 aliphatic heterocycles. The molecule has 2 nitrogen and oxygen atoms in total. The summed E-state index contributed by atoms with van der Waals surface area (Å²) in [4.78, 5) is 0. The molecule has 0 aromatic rings. The maximum Gasteiger partial charge on any atom is 0.0153 e. The van der Waals surface area contributed by atoms with Crippen LogP contribution in [0.1, 0.15) is 38.5 Å². The molecule has 0 spiro atoms. The van der Waals surface area contributed by atoms with Gasteiger partial charge in [0.2, 0.25) is 0 Å². The van der Waals surface area contributed by atoms with Crippen molar-refractivity contribution in [3.8, 4) is 0 Å². The van der Waals surface area contributed by atoms with Crippen molar-refractivity contribution in [2.45, 2.75) is 44.6 Å². The lowest BCUT2D eigenvalue weighted by atomic mass is 9.95. The number of hydrogen-bond donors (Lipinski definition) is 2. The van der Waals surface area contributed by atoms with Crippen molar-refractivity contribution in [3.05, 3.63) is 12.8 Å². The Kier molecular flexibility index (Phi) is 5.66. The molecule has 2 N–H and O–H groups in total. The number of hydrogen-bond acceptors (Lipinski definition) is 2. The average Bonchev–Trinajstić information content (AvgIpc) is 2.19. The molecule has 1 rings (SSSR count). The monoisotopic (exact) mass is 182 g/mol. The molecule has 76 valence electrons. The molecule has 13 heavy (non-hydrogen) atoms. The van der Waals surface area contributed by atoms with Gasteiger partial charge in [-0.1, -0.05) is 25.8 Å². The molecule has 0 amide bonds. The summed E-state index contributed by atoms with van der Waals surface area (Å²) in [6.45, 7) is 5.81. The van der Waals surface area contributed by atoms with Crippen molar-refractivity contribution in [1.29, 1.82) is 0 Å². The van der Waals surface area contributed by atoms with Gasteiger partial charge in [-0.25, -0.2) is 0 Å². The predicted molar refractivity (Wildman–Crippen MR) is 57.7 cm³/mol. The first kappa shape index (κ1) is 10.6. The average molecular weight is 182 g/mol. The maximum atomic E-state index is 3.62. The maximum absolute atomic E-state index is 3.62. The molecule has 0 unspecified atom stereocenters. The van der Waals surface area contributed by atoms with Crippen LogP contribution < -0.4 is 10.6 Å². The molecule has 0 atom stereocenters. The molecule has 0 saturated heterocycles. The molecule has 0 heterocycles. The quantitative estimate of drug-likeness (QED) is 0.614. The van der Waals surface area contributed by atoms with Gasteiger partial charge in [0.15, 0.2) is 0 Å². The van der Waals surface area contributed by atoms with Gasteiger partial charge in [0.25, 0.3) is 0 Å². The lowest BCUT2D eigenvalue weighted by molar-refractivity contribution is 0.372. The Morgan fingerprint density at radius 2 is 1.92 bits per heavy atom. The van der Waals surface area contributed by atoms with E-state index in [4.69, 9.17) is 0 Å². The highest BCUT2D eigenvalue weighted by Crippen LogP contribution is 2.16. The minimum Gasteiger partial charge on any atom is -0.391 e. The zero-order chi connectivity index (χ0) is 9.36. The summed E-state index contributed by atoms with van der Waals surface area (Å²) >= 11 is 0. The molecule has 0 aromatic carbocycles. The SMILES string of the molecule is C=CNCCCNC1CCCCC1. The van der Waals surface area contributed by atoms with E-state index in [0.29, 0.717) is 0 Å². The van der Waals surface area contributed by atoms with E-state index >= 15 is 0 Å². The van der Waals surface area contributed by atoms with E-state index in [1.807, 2.05) is 0 Å². The summed E-state index contributed by atoms with van der Waals surface area (Å²) in [5.41, 5.74) is 0. The zero-order valence-corrected chi connectivity index (χ0v) is 8.52. The summed E-state index contributed by atoms with van der Waals surface area (Å²) in [5, 5.41) is 6.72. The second-order valence-electron chi connectivity index (χ2n) is 3.80. The Hall–Kier alpha value is -0.500. The minimum absolute atomic E-state index is 0.803. The predicted octanol–water partition coefficient (Wildman–Crippen LogP) is 2.03. The third-order valence-corrected chi connectivity index (χ3v) is 2.68. The Morgan fingerprint density at radius 1 is 1.15 bits per heavy atom. The summed E-state index contributed by atoms with van der Waals surface area (Å²) in [6.07, 6.45) is 10.0. The van der Waals surface area contributed by atoms with Crippen LogP contribution in [0.15, 0.2) is 12.8 Å². The van der Waals surface area contributed by atoms with Gasteiger partial charge >= 0.3 is 0 Å². The number of nitrogens with one attached hydrogen (secondary N) is 2. The Balaban J connectivity index is 1.89. The Bertz CT molecular complexity index is 128. The van der Waals surface area contributed by atoms with E-state index in [-0.39, 0.29) is 0 Å². The van der Waals surface area contributed by atoms with Gasteiger partial charge < -0.3 is 10.6 Å². The molecule has 1 fully saturated rings. The van der Waals surface area contributed by atoms with Crippen molar-refractivity contribution in [3.63, 3.8) is 0 Å². The molecule has 1 aliphatic carbocycles. The molecular weight excluding hydrogens is 160 g/mol. The lowest BCUT2D eigenvalue weighted by Crippen LogP contribution is -2.32. The zero-order valence-electron chi connectivity index (χ0n) is 8.52. The molecule has 0 radical (unpaired) electrons. The first-order valence-electron chi connectivity index (χ1n) is 5.51. The van der Waals surface area contributed by atoms with Gasteiger partial charge in [-0.05, 0) is 32.0 Å². The first-order valence-corrected chi connectivity index (χ1v) is 5.51. The third-order valence-electron chi connectivity index (χ3n) is 2.68. The highest BCUT2D eigenvalue weighted by Gasteiger charge is 2.11. The molecule has 0 bridgehead atoms. The minimum atomic E-state index is 0.803. The van der Waals surface area contributed by atoms with Crippen molar-refractivity contribution in [1.82, 2.24) is 10.6 Å². The second kappa shape index (κ2) is 6.96. The molecule has 1 aliphatic rings. The van der Waals surface area contributed by atoms with Crippen LogP contribution in [0.3, 0.4) is 0 Å². The van der Waals surface area contributed by atoms with Crippen LogP contribution in [0.25, 0.3) is 0 Å². The summed E-state index contributed by atoms with van der Waals surface area (Å²) in [7, 11) is 0. The number of rotatable bonds is 6. The van der Waals surface area contributed by atoms with Crippen LogP contribution in [0.5, 0.6) is 0 Å². The van der Waals surface area contributed by atoms with Crippen LogP contribution in [0.4, 0.5) is 0 Å². The highest BCUT2D eigenvalue weighted by molar-refractivity contribution is 4.72. The smallest absolute Gasteiger partial charge is 0.0153 e. The summed E-state index contributed by atoms with van der Waals surface area (Å²) in [5.74, 6) is 0. The fraction of sp³-hybridized carbons (Fsp3) is 0.818. The van der Waals surface area contributed by atoms with Gasteiger partial charge in [0, 0.05) is 12.6 Å². The van der Waals surface area contributed by atoms with Crippen LogP contribution in [0.2, 0.25) is 0 Å². The highest BCUT2D eigenvalue weighted by atomic mass is 14.9. The van der Waals surface area contributed by atoms with Crippen LogP contribution in [0, 0.1) is 0 Å². The van der Waals surface area contributed by atoms with Gasteiger partial charge in [0.1, 0.15) is 0 Å². The van der Waals surface area contributed by atoms with Gasteiger partial charge in [-0.15, -0.1) is 0 Å². The Morgan fingerprint density at radius 3 is 2.62 bits per heavy atom. The fourth-order valence-electron chi connectivity index (χ4n) is 1.91. The van der Waals surface area contributed by atoms with Crippen molar-refractivity contribution >= 4 is 0 Å². The molecule has 0 aromatic heterocycles. The van der Waals surface area contributed by atoms with Crippen LogP contribution >= 0.6 is 0 Å². The van der Waals surface area contributed by atoms with Crippen molar-refractivity contribution < 1.29 is 0 Å². The van der Waals surface area contributed by atoms with Crippen molar-refractivity contribution in [2.75, 3.05) is 13.1 Å². The van der Waals surface area contributed by atoms with Crippen molar-refractivity contribution in [2.24, 2.45) is 0 Å². The van der Waals surface area contributed by atoms with Gasteiger partial charge in [-0.2, -0.15) is 0 Å². The van der Waals surface area contributed by atoms with E-state index in [1.165, 1.54) is 38.5 Å². The molecule has 1 saturated carbocycles. The molecular formula is C11H22N2. The van der Waals surface area contributed by atoms with Crippen LogP contribution in [-0.2, 0) is 0 Å². The van der Waals surface area contributed by atoms with E-state index < -0.39 is 0 Å². The standard InChI is InChI=1S/C11H22N2/c1-2-12-9-6-10-13-11-7-4-3-5-8-11/h2,11-13H,1,3-10H2. The van der Waals surface area contributed by atoms with E-state index in [1.54, 1.807) is 6.20 Å². The van der Waals surface area contributed by atoms with E-state index in [2.05, 4.69) is 17.2 Å². The lowest BCUT2D eigenvalue weighted by Gasteiger charge is -2.22. The van der Waals surface area contributed by atoms with Gasteiger partial charge in [-0.3, -0.25) is 0 Å². The largest absolute Gasteiger partial charge is 0.391 e. The first-order chi connectivity index (χ1) is 6.43.